The summed E-state index contributed by atoms with van der Waals surface area (Å²) in [6.07, 6.45) is 3.46. The molecule has 0 unspecified atom stereocenters. The molecule has 8 heteroatoms. The SMILES string of the molecule is CCOc1cc2[nH]c(=O)n(CCCCCC(=O)N[C@@H](C)CC)c(=O)c2cc1OCC. The fourth-order valence-electron chi connectivity index (χ4n) is 3.18. The standard InChI is InChI=1S/C22H33N3O5/c1-5-15(4)23-20(26)11-9-8-10-12-25-21(27)16-13-18(29-6-2)19(30-7-3)14-17(16)24-22(25)28/h13-15H,5-12H2,1-4H3,(H,23,26)(H,24,28)/t15-/m0/s1. The second kappa shape index (κ2) is 11.4. The lowest BCUT2D eigenvalue weighted by Crippen LogP contribution is -2.35. The number of benzene rings is 1. The van der Waals surface area contributed by atoms with Crippen molar-refractivity contribution in [3.8, 4) is 11.5 Å². The van der Waals surface area contributed by atoms with E-state index in [4.69, 9.17) is 9.47 Å². The molecule has 1 heterocycles. The van der Waals surface area contributed by atoms with Crippen molar-refractivity contribution in [2.75, 3.05) is 13.2 Å². The van der Waals surface area contributed by atoms with Crippen molar-refractivity contribution in [3.63, 3.8) is 0 Å². The van der Waals surface area contributed by atoms with Crippen molar-refractivity contribution >= 4 is 16.8 Å². The number of nitrogens with one attached hydrogen (secondary N) is 2. The Morgan fingerprint density at radius 2 is 1.73 bits per heavy atom. The molecule has 2 rings (SSSR count). The molecule has 0 aliphatic carbocycles. The van der Waals surface area contributed by atoms with E-state index in [1.54, 1.807) is 12.1 Å². The van der Waals surface area contributed by atoms with Crippen LogP contribution in [0.1, 0.15) is 59.8 Å². The monoisotopic (exact) mass is 419 g/mol. The summed E-state index contributed by atoms with van der Waals surface area (Å²) < 4.78 is 12.4. The maximum atomic E-state index is 12.9. The maximum Gasteiger partial charge on any atom is 0.328 e. The molecule has 0 bridgehead atoms. The second-order valence-electron chi connectivity index (χ2n) is 7.28. The number of carbonyl (C=O) groups is 1. The van der Waals surface area contributed by atoms with E-state index in [9.17, 15) is 14.4 Å². The third-order valence-electron chi connectivity index (χ3n) is 4.95. The van der Waals surface area contributed by atoms with Gasteiger partial charge in [-0.1, -0.05) is 13.3 Å². The summed E-state index contributed by atoms with van der Waals surface area (Å²) in [4.78, 5) is 39.9. The highest BCUT2D eigenvalue weighted by atomic mass is 16.5. The number of unbranched alkanes of at least 4 members (excludes halogenated alkanes) is 2. The van der Waals surface area contributed by atoms with E-state index in [-0.39, 0.29) is 17.5 Å². The summed E-state index contributed by atoms with van der Waals surface area (Å²) in [7, 11) is 0. The lowest BCUT2D eigenvalue weighted by atomic mass is 10.1. The Morgan fingerprint density at radius 1 is 1.07 bits per heavy atom. The molecule has 1 aromatic heterocycles. The molecule has 166 valence electrons. The van der Waals surface area contributed by atoms with Gasteiger partial charge < -0.3 is 19.8 Å². The Labute approximate surface area is 176 Å². The van der Waals surface area contributed by atoms with Crippen LogP contribution in [0.15, 0.2) is 21.7 Å². The van der Waals surface area contributed by atoms with Gasteiger partial charge in [0.25, 0.3) is 5.56 Å². The minimum absolute atomic E-state index is 0.0404. The molecule has 1 atom stereocenters. The molecule has 0 saturated heterocycles. The van der Waals surface area contributed by atoms with Crippen LogP contribution in [-0.4, -0.2) is 34.7 Å². The number of ether oxygens (including phenoxy) is 2. The Morgan fingerprint density at radius 3 is 2.37 bits per heavy atom. The Balaban J connectivity index is 2.09. The van der Waals surface area contributed by atoms with Crippen LogP contribution in [0.5, 0.6) is 11.5 Å². The highest BCUT2D eigenvalue weighted by Gasteiger charge is 2.13. The van der Waals surface area contributed by atoms with Gasteiger partial charge in [0.15, 0.2) is 11.5 Å². The Hall–Kier alpha value is -2.77. The topological polar surface area (TPSA) is 102 Å². The average Bonchev–Trinajstić information content (AvgIpc) is 2.71. The summed E-state index contributed by atoms with van der Waals surface area (Å²) in [5.74, 6) is 1.02. The normalized spacial score (nSPS) is 12.0. The van der Waals surface area contributed by atoms with E-state index < -0.39 is 5.69 Å². The van der Waals surface area contributed by atoms with Crippen LogP contribution < -0.4 is 26.0 Å². The number of hydrogen-bond donors (Lipinski definition) is 2. The van der Waals surface area contributed by atoms with Gasteiger partial charge in [-0.15, -0.1) is 0 Å². The molecule has 30 heavy (non-hydrogen) atoms. The number of hydrogen-bond acceptors (Lipinski definition) is 5. The smallest absolute Gasteiger partial charge is 0.328 e. The van der Waals surface area contributed by atoms with Crippen molar-refractivity contribution < 1.29 is 14.3 Å². The lowest BCUT2D eigenvalue weighted by Gasteiger charge is -2.13. The lowest BCUT2D eigenvalue weighted by molar-refractivity contribution is -0.121. The molecular formula is C22H33N3O5. The molecule has 1 amide bonds. The molecule has 0 aliphatic heterocycles. The number of H-pyrrole nitrogens is 1. The van der Waals surface area contributed by atoms with E-state index in [2.05, 4.69) is 10.3 Å². The third kappa shape index (κ3) is 6.11. The average molecular weight is 420 g/mol. The van der Waals surface area contributed by atoms with Gasteiger partial charge in [-0.2, -0.15) is 0 Å². The van der Waals surface area contributed by atoms with Gasteiger partial charge in [0.1, 0.15) is 0 Å². The van der Waals surface area contributed by atoms with E-state index >= 15 is 0 Å². The number of carbonyl (C=O) groups excluding carboxylic acids is 1. The first-order chi connectivity index (χ1) is 14.4. The number of aromatic amines is 1. The van der Waals surface area contributed by atoms with E-state index in [0.717, 1.165) is 12.8 Å². The zero-order valence-electron chi connectivity index (χ0n) is 18.4. The first-order valence-corrected chi connectivity index (χ1v) is 10.8. The molecule has 0 aliphatic rings. The van der Waals surface area contributed by atoms with Gasteiger partial charge in [0, 0.05) is 25.1 Å². The van der Waals surface area contributed by atoms with Gasteiger partial charge >= 0.3 is 5.69 Å². The Bertz CT molecular complexity index is 964. The van der Waals surface area contributed by atoms with Crippen LogP contribution in [0, 0.1) is 0 Å². The summed E-state index contributed by atoms with van der Waals surface area (Å²) in [6.45, 7) is 8.90. The van der Waals surface area contributed by atoms with Gasteiger partial charge in [-0.05, 0) is 46.1 Å². The molecular weight excluding hydrogens is 386 g/mol. The van der Waals surface area contributed by atoms with Gasteiger partial charge in [-0.25, -0.2) is 4.79 Å². The minimum Gasteiger partial charge on any atom is -0.490 e. The van der Waals surface area contributed by atoms with Crippen LogP contribution in [0.25, 0.3) is 10.9 Å². The van der Waals surface area contributed by atoms with E-state index in [1.165, 1.54) is 4.57 Å². The Kier molecular flexibility index (Phi) is 8.95. The first-order valence-electron chi connectivity index (χ1n) is 10.8. The number of amides is 1. The predicted octanol–water partition coefficient (Wildman–Crippen LogP) is 2.96. The van der Waals surface area contributed by atoms with Crippen LogP contribution in [0.2, 0.25) is 0 Å². The van der Waals surface area contributed by atoms with Crippen LogP contribution in [-0.2, 0) is 11.3 Å². The van der Waals surface area contributed by atoms with Gasteiger partial charge in [0.05, 0.1) is 24.1 Å². The zero-order chi connectivity index (χ0) is 22.1. The van der Waals surface area contributed by atoms with Crippen molar-refractivity contribution in [1.82, 2.24) is 14.9 Å². The second-order valence-corrected chi connectivity index (χ2v) is 7.28. The summed E-state index contributed by atoms with van der Waals surface area (Å²) in [5.41, 5.74) is -0.379. The number of nitrogens with zero attached hydrogens (tertiary/aromatic N) is 1. The number of rotatable bonds is 12. The van der Waals surface area contributed by atoms with E-state index in [0.29, 0.717) is 61.4 Å². The quantitative estimate of drug-likeness (QED) is 0.515. The van der Waals surface area contributed by atoms with Crippen LogP contribution in [0.3, 0.4) is 0 Å². The summed E-state index contributed by atoms with van der Waals surface area (Å²) in [5, 5.41) is 3.32. The van der Waals surface area contributed by atoms with E-state index in [1.807, 2.05) is 27.7 Å². The molecule has 2 N–H and O–H groups in total. The number of fused-ring (bicyclic) bond motifs is 1. The largest absolute Gasteiger partial charge is 0.490 e. The fourth-order valence-corrected chi connectivity index (χ4v) is 3.18. The highest BCUT2D eigenvalue weighted by Crippen LogP contribution is 2.30. The number of aromatic nitrogens is 2. The van der Waals surface area contributed by atoms with Gasteiger partial charge in [0.2, 0.25) is 5.91 Å². The summed E-state index contributed by atoms with van der Waals surface area (Å²) in [6, 6.07) is 3.43. The van der Waals surface area contributed by atoms with Crippen LogP contribution in [0.4, 0.5) is 0 Å². The van der Waals surface area contributed by atoms with Crippen molar-refractivity contribution in [1.29, 1.82) is 0 Å². The minimum atomic E-state index is -0.450. The maximum absolute atomic E-state index is 12.9. The van der Waals surface area contributed by atoms with Crippen LogP contribution >= 0.6 is 0 Å². The molecule has 0 spiro atoms. The molecule has 1 aromatic carbocycles. The van der Waals surface area contributed by atoms with Crippen molar-refractivity contribution in [3.05, 3.63) is 33.0 Å². The third-order valence-corrected chi connectivity index (χ3v) is 4.95. The summed E-state index contributed by atoms with van der Waals surface area (Å²) >= 11 is 0. The zero-order valence-corrected chi connectivity index (χ0v) is 18.4. The molecule has 0 fully saturated rings. The molecule has 0 radical (unpaired) electrons. The predicted molar refractivity (Wildman–Crippen MR) is 118 cm³/mol. The molecule has 2 aromatic rings. The van der Waals surface area contributed by atoms with Gasteiger partial charge in [-0.3, -0.25) is 14.2 Å². The fraction of sp³-hybridized carbons (Fsp3) is 0.591. The molecule has 8 nitrogen and oxygen atoms in total. The molecule has 0 saturated carbocycles. The first kappa shape index (κ1) is 23.5. The van der Waals surface area contributed by atoms with Crippen molar-refractivity contribution in [2.24, 2.45) is 0 Å². The van der Waals surface area contributed by atoms with Crippen molar-refractivity contribution in [2.45, 2.75) is 72.4 Å². The highest BCUT2D eigenvalue weighted by molar-refractivity contribution is 5.81.